The van der Waals surface area contributed by atoms with Gasteiger partial charge in [-0.25, -0.2) is 4.79 Å². The summed E-state index contributed by atoms with van der Waals surface area (Å²) in [6.07, 6.45) is 3.80. The van der Waals surface area contributed by atoms with Crippen molar-refractivity contribution in [3.8, 4) is 5.75 Å². The summed E-state index contributed by atoms with van der Waals surface area (Å²) in [5.74, 6) is 0.0816. The Hall–Kier alpha value is -3.28. The molecule has 6 nitrogen and oxygen atoms in total. The number of aromatic carboxylic acids is 1. The monoisotopic (exact) mass is 392 g/mol. The summed E-state index contributed by atoms with van der Waals surface area (Å²) in [6, 6.07) is 10.8. The molecule has 2 heterocycles. The predicted molar refractivity (Wildman–Crippen MR) is 111 cm³/mol. The molecule has 0 radical (unpaired) electrons. The Morgan fingerprint density at radius 2 is 1.83 bits per heavy atom. The van der Waals surface area contributed by atoms with Crippen molar-refractivity contribution in [3.05, 3.63) is 64.8 Å². The van der Waals surface area contributed by atoms with E-state index in [1.165, 1.54) is 17.0 Å². The van der Waals surface area contributed by atoms with Gasteiger partial charge in [0.15, 0.2) is 0 Å². The molecule has 1 aromatic heterocycles. The summed E-state index contributed by atoms with van der Waals surface area (Å²) in [6.45, 7) is 3.10. The molecule has 2 N–H and O–H groups in total. The van der Waals surface area contributed by atoms with E-state index in [1.54, 1.807) is 26.2 Å². The summed E-state index contributed by atoms with van der Waals surface area (Å²) in [7, 11) is 1.67. The molecule has 0 aliphatic carbocycles. The molecule has 29 heavy (non-hydrogen) atoms. The molecule has 150 valence electrons. The number of carboxylic acid groups (broad SMARTS) is 1. The number of piperidine rings is 1. The van der Waals surface area contributed by atoms with Crippen LogP contribution in [0, 0.1) is 6.92 Å². The molecule has 2 aromatic carbocycles. The average Bonchev–Trinajstić information content (AvgIpc) is 3.16. The number of H-pyrrole nitrogens is 1. The second-order valence-corrected chi connectivity index (χ2v) is 7.61. The SMILES string of the molecule is COc1ccc2[nH]cc(C3CCN(C(=O)c4cc(C)cc(C(=O)O)c4)CC3)c2c1. The maximum absolute atomic E-state index is 12.9. The molecular weight excluding hydrogens is 368 g/mol. The number of aromatic amines is 1. The van der Waals surface area contributed by atoms with Gasteiger partial charge in [-0.1, -0.05) is 0 Å². The fraction of sp³-hybridized carbons (Fsp3) is 0.304. The lowest BCUT2D eigenvalue weighted by Gasteiger charge is -2.32. The third-order valence-electron chi connectivity index (χ3n) is 5.71. The van der Waals surface area contributed by atoms with Gasteiger partial charge in [0.05, 0.1) is 12.7 Å². The van der Waals surface area contributed by atoms with Crippen LogP contribution in [0.4, 0.5) is 0 Å². The molecular formula is C23H24N2O4. The summed E-state index contributed by atoms with van der Waals surface area (Å²) >= 11 is 0. The fourth-order valence-corrected chi connectivity index (χ4v) is 4.19. The first-order chi connectivity index (χ1) is 14.0. The topological polar surface area (TPSA) is 82.6 Å². The van der Waals surface area contributed by atoms with Crippen molar-refractivity contribution in [3.63, 3.8) is 0 Å². The van der Waals surface area contributed by atoms with Crippen LogP contribution in [0.2, 0.25) is 0 Å². The number of likely N-dealkylation sites (tertiary alicyclic amines) is 1. The molecule has 1 amide bonds. The van der Waals surface area contributed by atoms with E-state index in [-0.39, 0.29) is 11.5 Å². The van der Waals surface area contributed by atoms with E-state index < -0.39 is 5.97 Å². The van der Waals surface area contributed by atoms with Crippen LogP contribution in [-0.2, 0) is 0 Å². The van der Waals surface area contributed by atoms with Crippen LogP contribution < -0.4 is 4.74 Å². The molecule has 0 bridgehead atoms. The first kappa shape index (κ1) is 19.1. The van der Waals surface area contributed by atoms with Crippen LogP contribution >= 0.6 is 0 Å². The predicted octanol–water partition coefficient (Wildman–Crippen LogP) is 4.20. The van der Waals surface area contributed by atoms with E-state index in [2.05, 4.69) is 17.2 Å². The van der Waals surface area contributed by atoms with E-state index in [1.807, 2.05) is 17.0 Å². The number of benzene rings is 2. The van der Waals surface area contributed by atoms with Crippen molar-refractivity contribution in [2.45, 2.75) is 25.7 Å². The minimum absolute atomic E-state index is 0.102. The Kier molecular flexibility index (Phi) is 5.01. The number of fused-ring (bicyclic) bond motifs is 1. The molecule has 1 saturated heterocycles. The number of amides is 1. The van der Waals surface area contributed by atoms with E-state index in [9.17, 15) is 14.7 Å². The fourth-order valence-electron chi connectivity index (χ4n) is 4.19. The van der Waals surface area contributed by atoms with E-state index in [4.69, 9.17) is 4.74 Å². The molecule has 3 aromatic rings. The molecule has 4 rings (SSSR count). The number of carbonyl (C=O) groups is 2. The highest BCUT2D eigenvalue weighted by Gasteiger charge is 2.26. The van der Waals surface area contributed by atoms with Crippen LogP contribution in [0.3, 0.4) is 0 Å². The Morgan fingerprint density at radius 1 is 1.10 bits per heavy atom. The van der Waals surface area contributed by atoms with Gasteiger partial charge in [0.1, 0.15) is 5.75 Å². The summed E-state index contributed by atoms with van der Waals surface area (Å²) in [4.78, 5) is 29.4. The van der Waals surface area contributed by atoms with Gasteiger partial charge in [-0.3, -0.25) is 4.79 Å². The molecule has 1 aliphatic rings. The van der Waals surface area contributed by atoms with Gasteiger partial charge < -0.3 is 19.7 Å². The van der Waals surface area contributed by atoms with Crippen molar-refractivity contribution < 1.29 is 19.4 Å². The van der Waals surface area contributed by atoms with E-state index in [0.29, 0.717) is 24.6 Å². The lowest BCUT2D eigenvalue weighted by Crippen LogP contribution is -2.38. The third kappa shape index (κ3) is 3.70. The van der Waals surface area contributed by atoms with Gasteiger partial charge in [-0.05, 0) is 73.2 Å². The van der Waals surface area contributed by atoms with Crippen molar-refractivity contribution >= 4 is 22.8 Å². The number of aromatic nitrogens is 1. The minimum Gasteiger partial charge on any atom is -0.497 e. The molecule has 0 spiro atoms. The second kappa shape index (κ2) is 7.62. The molecule has 6 heteroatoms. The minimum atomic E-state index is -1.02. The standard InChI is InChI=1S/C23H24N2O4/c1-14-9-16(11-17(10-14)23(27)28)22(26)25-7-5-15(6-8-25)20-13-24-21-4-3-18(29-2)12-19(20)21/h3-4,9-13,15,24H,5-8H2,1-2H3,(H,27,28). The van der Waals surface area contributed by atoms with Crippen molar-refractivity contribution in [1.29, 1.82) is 0 Å². The van der Waals surface area contributed by atoms with Gasteiger partial charge in [-0.2, -0.15) is 0 Å². The molecule has 0 atom stereocenters. The van der Waals surface area contributed by atoms with Crippen LogP contribution in [0.5, 0.6) is 5.75 Å². The number of hydrogen-bond acceptors (Lipinski definition) is 3. The summed E-state index contributed by atoms with van der Waals surface area (Å²) < 4.78 is 5.36. The smallest absolute Gasteiger partial charge is 0.335 e. The van der Waals surface area contributed by atoms with Gasteiger partial charge >= 0.3 is 5.97 Å². The first-order valence-corrected chi connectivity index (χ1v) is 9.75. The van der Waals surface area contributed by atoms with E-state index >= 15 is 0 Å². The lowest BCUT2D eigenvalue weighted by atomic mass is 9.89. The first-order valence-electron chi connectivity index (χ1n) is 9.75. The van der Waals surface area contributed by atoms with Crippen LogP contribution in [-0.4, -0.2) is 47.1 Å². The summed E-state index contributed by atoms with van der Waals surface area (Å²) in [5, 5.41) is 10.4. The molecule has 0 saturated carbocycles. The van der Waals surface area contributed by atoms with Gasteiger partial charge in [0, 0.05) is 35.8 Å². The largest absolute Gasteiger partial charge is 0.497 e. The van der Waals surface area contributed by atoms with Crippen molar-refractivity contribution in [2.75, 3.05) is 20.2 Å². The number of nitrogens with one attached hydrogen (secondary N) is 1. The van der Waals surface area contributed by atoms with Crippen molar-refractivity contribution in [1.82, 2.24) is 9.88 Å². The zero-order valence-corrected chi connectivity index (χ0v) is 16.6. The number of ether oxygens (including phenoxy) is 1. The molecule has 1 fully saturated rings. The quantitative estimate of drug-likeness (QED) is 0.697. The van der Waals surface area contributed by atoms with Crippen LogP contribution in [0.1, 0.15) is 50.6 Å². The van der Waals surface area contributed by atoms with Gasteiger partial charge in [0.25, 0.3) is 5.91 Å². The number of methoxy groups -OCH3 is 1. The second-order valence-electron chi connectivity index (χ2n) is 7.61. The maximum atomic E-state index is 12.9. The molecule has 0 unspecified atom stereocenters. The Balaban J connectivity index is 1.50. The molecule has 1 aliphatic heterocycles. The number of carboxylic acids is 1. The van der Waals surface area contributed by atoms with Crippen LogP contribution in [0.15, 0.2) is 42.6 Å². The Morgan fingerprint density at radius 3 is 2.52 bits per heavy atom. The van der Waals surface area contributed by atoms with Gasteiger partial charge in [-0.15, -0.1) is 0 Å². The Labute approximate surface area is 169 Å². The zero-order chi connectivity index (χ0) is 20.5. The number of rotatable bonds is 4. The highest BCUT2D eigenvalue weighted by Crippen LogP contribution is 2.35. The average molecular weight is 392 g/mol. The number of nitrogens with zero attached hydrogens (tertiary/aromatic N) is 1. The number of carbonyl (C=O) groups excluding carboxylic acids is 1. The number of hydrogen-bond donors (Lipinski definition) is 2. The number of aryl methyl sites for hydroxylation is 1. The lowest BCUT2D eigenvalue weighted by molar-refractivity contribution is 0.0696. The highest BCUT2D eigenvalue weighted by atomic mass is 16.5. The van der Waals surface area contributed by atoms with E-state index in [0.717, 1.165) is 29.7 Å². The highest BCUT2D eigenvalue weighted by molar-refractivity contribution is 5.98. The summed E-state index contributed by atoms with van der Waals surface area (Å²) in [5.41, 5.74) is 3.71. The van der Waals surface area contributed by atoms with Gasteiger partial charge in [0.2, 0.25) is 0 Å². The zero-order valence-electron chi connectivity index (χ0n) is 16.6. The van der Waals surface area contributed by atoms with Crippen molar-refractivity contribution in [2.24, 2.45) is 0 Å². The maximum Gasteiger partial charge on any atom is 0.335 e. The third-order valence-corrected chi connectivity index (χ3v) is 5.71. The Bertz CT molecular complexity index is 1080. The normalized spacial score (nSPS) is 14.9. The van der Waals surface area contributed by atoms with Crippen LogP contribution in [0.25, 0.3) is 10.9 Å².